The smallest absolute Gasteiger partial charge is 0.232 e. The van der Waals surface area contributed by atoms with E-state index >= 15 is 0 Å². The summed E-state index contributed by atoms with van der Waals surface area (Å²) in [6.45, 7) is 5.99. The Morgan fingerprint density at radius 3 is 2.62 bits per heavy atom. The molecule has 4 nitrogen and oxygen atoms in total. The van der Waals surface area contributed by atoms with Crippen molar-refractivity contribution in [2.75, 3.05) is 13.3 Å². The minimum atomic E-state index is -0.0677. The number of aryl methyl sites for hydroxylation is 2. The van der Waals surface area contributed by atoms with Crippen LogP contribution in [0.25, 0.3) is 6.08 Å². The minimum absolute atomic E-state index is 0.0677. The van der Waals surface area contributed by atoms with Crippen LogP contribution in [-0.2, 0) is 13.0 Å². The fourth-order valence-corrected chi connectivity index (χ4v) is 4.37. The normalized spacial score (nSPS) is 16.5. The van der Waals surface area contributed by atoms with E-state index in [0.29, 0.717) is 30.3 Å². The monoisotopic (exact) mass is 445 g/mol. The van der Waals surface area contributed by atoms with Gasteiger partial charge >= 0.3 is 0 Å². The highest BCUT2D eigenvalue weighted by Crippen LogP contribution is 2.44. The molecule has 0 amide bonds. The standard InChI is InChI=1S/C27H24ClNO3/c1-17-5-3-4-6-20(17)14-24-26(30)25-18(2)13-23-22(27(25)32-24)15-29(16-31-23)12-11-19-7-9-21(28)10-8-19/h3-10,13-14H,11-12,15-16H2,1-2H3/b24-14+. The largest absolute Gasteiger partial charge is 0.478 e. The summed E-state index contributed by atoms with van der Waals surface area (Å²) in [4.78, 5) is 15.4. The molecule has 0 N–H and O–H groups in total. The average Bonchev–Trinajstić information content (AvgIpc) is 3.12. The average molecular weight is 446 g/mol. The molecule has 3 aromatic carbocycles. The summed E-state index contributed by atoms with van der Waals surface area (Å²) in [5.41, 5.74) is 5.77. The van der Waals surface area contributed by atoms with Crippen molar-refractivity contribution in [3.63, 3.8) is 0 Å². The topological polar surface area (TPSA) is 38.8 Å². The molecule has 0 aliphatic carbocycles. The second-order valence-electron chi connectivity index (χ2n) is 8.37. The van der Waals surface area contributed by atoms with Gasteiger partial charge in [-0.3, -0.25) is 9.69 Å². The SMILES string of the molecule is Cc1ccccc1/C=C1/Oc2c3c(cc(C)c2C1=O)OCN(CCc1ccc(Cl)cc1)C3. The van der Waals surface area contributed by atoms with Gasteiger partial charge in [0, 0.05) is 18.1 Å². The van der Waals surface area contributed by atoms with Gasteiger partial charge in [0.1, 0.15) is 18.2 Å². The van der Waals surface area contributed by atoms with E-state index in [-0.39, 0.29) is 5.78 Å². The molecule has 2 heterocycles. The van der Waals surface area contributed by atoms with Gasteiger partial charge in [0.15, 0.2) is 5.76 Å². The Hall–Kier alpha value is -3.08. The van der Waals surface area contributed by atoms with Gasteiger partial charge in [-0.15, -0.1) is 0 Å². The van der Waals surface area contributed by atoms with Crippen LogP contribution in [0.5, 0.6) is 11.5 Å². The predicted octanol–water partition coefficient (Wildman–Crippen LogP) is 5.97. The molecular formula is C27H24ClNO3. The third kappa shape index (κ3) is 3.92. The van der Waals surface area contributed by atoms with Gasteiger partial charge in [-0.05, 0) is 66.8 Å². The molecule has 0 saturated carbocycles. The van der Waals surface area contributed by atoms with Crippen LogP contribution in [0, 0.1) is 13.8 Å². The first-order valence-electron chi connectivity index (χ1n) is 10.8. The van der Waals surface area contributed by atoms with Gasteiger partial charge in [-0.2, -0.15) is 0 Å². The molecule has 32 heavy (non-hydrogen) atoms. The molecular weight excluding hydrogens is 422 g/mol. The van der Waals surface area contributed by atoms with E-state index in [9.17, 15) is 4.79 Å². The number of ketones is 1. The van der Waals surface area contributed by atoms with E-state index in [1.54, 1.807) is 0 Å². The minimum Gasteiger partial charge on any atom is -0.478 e. The second-order valence-corrected chi connectivity index (χ2v) is 8.81. The quantitative estimate of drug-likeness (QED) is 0.464. The predicted molar refractivity (Wildman–Crippen MR) is 126 cm³/mol. The molecule has 0 unspecified atom stereocenters. The van der Waals surface area contributed by atoms with E-state index in [1.807, 2.05) is 74.5 Å². The van der Waals surface area contributed by atoms with E-state index < -0.39 is 0 Å². The zero-order valence-corrected chi connectivity index (χ0v) is 18.9. The van der Waals surface area contributed by atoms with Crippen LogP contribution < -0.4 is 9.47 Å². The number of hydrogen-bond donors (Lipinski definition) is 0. The molecule has 162 valence electrons. The first-order chi connectivity index (χ1) is 15.5. The molecule has 0 bridgehead atoms. The first kappa shape index (κ1) is 20.8. The summed E-state index contributed by atoms with van der Waals surface area (Å²) in [6, 6.07) is 17.9. The Bertz CT molecular complexity index is 1230. The molecule has 5 rings (SSSR count). The highest BCUT2D eigenvalue weighted by molar-refractivity contribution is 6.30. The number of carbonyl (C=O) groups excluding carboxylic acids is 1. The Kier molecular flexibility index (Phi) is 5.50. The number of fused-ring (bicyclic) bond motifs is 3. The zero-order valence-electron chi connectivity index (χ0n) is 18.2. The highest BCUT2D eigenvalue weighted by atomic mass is 35.5. The molecule has 3 aromatic rings. The maximum absolute atomic E-state index is 13.2. The number of carbonyl (C=O) groups is 1. The highest BCUT2D eigenvalue weighted by Gasteiger charge is 2.35. The van der Waals surface area contributed by atoms with Crippen LogP contribution in [0.3, 0.4) is 0 Å². The number of halogens is 1. The molecule has 0 fully saturated rings. The lowest BCUT2D eigenvalue weighted by Crippen LogP contribution is -2.33. The third-order valence-corrected chi connectivity index (χ3v) is 6.34. The van der Waals surface area contributed by atoms with Crippen molar-refractivity contribution in [1.82, 2.24) is 4.90 Å². The fourth-order valence-electron chi connectivity index (χ4n) is 4.25. The number of nitrogens with zero attached hydrogens (tertiary/aromatic N) is 1. The Morgan fingerprint density at radius 1 is 1.06 bits per heavy atom. The summed E-state index contributed by atoms with van der Waals surface area (Å²) < 4.78 is 12.2. The Balaban J connectivity index is 1.40. The number of hydrogen-bond acceptors (Lipinski definition) is 4. The van der Waals surface area contributed by atoms with E-state index in [4.69, 9.17) is 21.1 Å². The molecule has 2 aliphatic rings. The van der Waals surface area contributed by atoms with Gasteiger partial charge in [-0.1, -0.05) is 48.0 Å². The number of benzene rings is 3. The van der Waals surface area contributed by atoms with E-state index in [0.717, 1.165) is 46.0 Å². The maximum Gasteiger partial charge on any atom is 0.232 e. The molecule has 0 spiro atoms. The number of Topliss-reactive ketones (excluding diaryl/α,β-unsaturated/α-hetero) is 1. The van der Waals surface area contributed by atoms with Gasteiger partial charge in [-0.25, -0.2) is 0 Å². The second kappa shape index (κ2) is 8.45. The van der Waals surface area contributed by atoms with E-state index in [1.165, 1.54) is 5.56 Å². The number of rotatable bonds is 4. The van der Waals surface area contributed by atoms with Gasteiger partial charge in [0.25, 0.3) is 0 Å². The Morgan fingerprint density at radius 2 is 1.84 bits per heavy atom. The molecule has 0 saturated heterocycles. The van der Waals surface area contributed by atoms with Crippen LogP contribution in [-0.4, -0.2) is 24.0 Å². The molecule has 0 radical (unpaired) electrons. The maximum atomic E-state index is 13.2. The van der Waals surface area contributed by atoms with Crippen molar-refractivity contribution >= 4 is 23.5 Å². The molecule has 0 aromatic heterocycles. The summed E-state index contributed by atoms with van der Waals surface area (Å²) >= 11 is 5.99. The summed E-state index contributed by atoms with van der Waals surface area (Å²) in [7, 11) is 0. The van der Waals surface area contributed by atoms with Gasteiger partial charge in [0.2, 0.25) is 5.78 Å². The van der Waals surface area contributed by atoms with Crippen molar-refractivity contribution in [3.05, 3.63) is 98.8 Å². The van der Waals surface area contributed by atoms with Crippen LogP contribution in [0.2, 0.25) is 5.02 Å². The lowest BCUT2D eigenvalue weighted by Gasteiger charge is -2.30. The van der Waals surface area contributed by atoms with Crippen LogP contribution in [0.1, 0.15) is 38.2 Å². The van der Waals surface area contributed by atoms with E-state index in [2.05, 4.69) is 4.90 Å². The summed E-state index contributed by atoms with van der Waals surface area (Å²) in [6.07, 6.45) is 2.73. The molecule has 5 heteroatoms. The zero-order chi connectivity index (χ0) is 22.2. The molecule has 2 aliphatic heterocycles. The number of ether oxygens (including phenoxy) is 2. The number of allylic oxidation sites excluding steroid dienone is 1. The van der Waals surface area contributed by atoms with Gasteiger partial charge in [0.05, 0.1) is 11.1 Å². The van der Waals surface area contributed by atoms with Crippen molar-refractivity contribution in [1.29, 1.82) is 0 Å². The van der Waals surface area contributed by atoms with Crippen molar-refractivity contribution in [2.24, 2.45) is 0 Å². The van der Waals surface area contributed by atoms with Crippen LogP contribution in [0.15, 0.2) is 60.4 Å². The lowest BCUT2D eigenvalue weighted by molar-refractivity contribution is 0.0949. The molecule has 0 atom stereocenters. The first-order valence-corrected chi connectivity index (χ1v) is 11.1. The summed E-state index contributed by atoms with van der Waals surface area (Å²) in [5.74, 6) is 1.74. The van der Waals surface area contributed by atoms with Crippen molar-refractivity contribution in [3.8, 4) is 11.5 Å². The van der Waals surface area contributed by atoms with Crippen molar-refractivity contribution in [2.45, 2.75) is 26.8 Å². The van der Waals surface area contributed by atoms with Gasteiger partial charge < -0.3 is 9.47 Å². The third-order valence-electron chi connectivity index (χ3n) is 6.09. The van der Waals surface area contributed by atoms with Crippen LogP contribution in [0.4, 0.5) is 0 Å². The fraction of sp³-hybridized carbons (Fsp3) is 0.222. The summed E-state index contributed by atoms with van der Waals surface area (Å²) in [5, 5.41) is 0.742. The Labute approximate surface area is 193 Å². The van der Waals surface area contributed by atoms with Crippen LogP contribution >= 0.6 is 11.6 Å². The van der Waals surface area contributed by atoms with Crippen molar-refractivity contribution < 1.29 is 14.3 Å². The lowest BCUT2D eigenvalue weighted by atomic mass is 9.98.